The minimum absolute atomic E-state index is 0.278. The van der Waals surface area contributed by atoms with Crippen molar-refractivity contribution in [2.45, 2.75) is 0 Å². The minimum atomic E-state index is -0.692. The first-order valence-corrected chi connectivity index (χ1v) is 9.46. The first-order valence-electron chi connectivity index (χ1n) is 8.70. The van der Waals surface area contributed by atoms with Crippen LogP contribution >= 0.6 is 23.2 Å². The van der Waals surface area contributed by atoms with Crippen LogP contribution in [-0.2, 0) is 14.3 Å². The number of para-hydroxylation sites is 1. The Morgan fingerprint density at radius 3 is 2.34 bits per heavy atom. The Hall–Kier alpha value is -3.02. The molecule has 0 spiro atoms. The van der Waals surface area contributed by atoms with Crippen molar-refractivity contribution in [2.75, 3.05) is 18.5 Å². The van der Waals surface area contributed by atoms with Gasteiger partial charge in [0, 0.05) is 16.3 Å². The number of amides is 1. The van der Waals surface area contributed by atoms with Crippen LogP contribution in [0, 0.1) is 0 Å². The van der Waals surface area contributed by atoms with Gasteiger partial charge in [0.15, 0.2) is 13.2 Å². The largest absolute Gasteiger partial charge is 0.480 e. The monoisotopic (exact) mass is 429 g/mol. The maximum absolute atomic E-state index is 12.2. The standard InChI is InChI=1S/C22H17Cl2NO4/c23-16-10-11-20(18(24)12-16)28-14-22(27)29-13-21(26)25-19-9-5-4-8-17(19)15-6-2-1-3-7-15/h1-12H,13-14H2,(H,25,26). The topological polar surface area (TPSA) is 64.6 Å². The Morgan fingerprint density at radius 2 is 1.59 bits per heavy atom. The summed E-state index contributed by atoms with van der Waals surface area (Å²) in [6, 6.07) is 21.7. The lowest BCUT2D eigenvalue weighted by Crippen LogP contribution is -2.24. The van der Waals surface area contributed by atoms with Crippen molar-refractivity contribution in [3.05, 3.63) is 82.8 Å². The summed E-state index contributed by atoms with van der Waals surface area (Å²) in [4.78, 5) is 24.0. The smallest absolute Gasteiger partial charge is 0.344 e. The molecule has 0 atom stereocenters. The fourth-order valence-corrected chi connectivity index (χ4v) is 3.03. The van der Waals surface area contributed by atoms with Gasteiger partial charge in [-0.05, 0) is 29.8 Å². The van der Waals surface area contributed by atoms with Gasteiger partial charge in [0.05, 0.1) is 5.02 Å². The number of ether oxygens (including phenoxy) is 2. The first-order chi connectivity index (χ1) is 14.0. The van der Waals surface area contributed by atoms with Crippen molar-refractivity contribution in [1.29, 1.82) is 0 Å². The second kappa shape index (κ2) is 9.96. The van der Waals surface area contributed by atoms with Crippen molar-refractivity contribution in [2.24, 2.45) is 0 Å². The number of hydrogen-bond acceptors (Lipinski definition) is 4. The molecule has 0 aliphatic heterocycles. The van der Waals surface area contributed by atoms with E-state index in [0.29, 0.717) is 16.5 Å². The molecule has 3 aromatic rings. The van der Waals surface area contributed by atoms with Crippen LogP contribution < -0.4 is 10.1 Å². The molecular formula is C22H17Cl2NO4. The zero-order chi connectivity index (χ0) is 20.6. The van der Waals surface area contributed by atoms with Crippen molar-refractivity contribution in [3.63, 3.8) is 0 Å². The van der Waals surface area contributed by atoms with Gasteiger partial charge < -0.3 is 14.8 Å². The molecule has 7 heteroatoms. The molecule has 0 bridgehead atoms. The number of anilines is 1. The van der Waals surface area contributed by atoms with Gasteiger partial charge in [-0.1, -0.05) is 71.7 Å². The third-order valence-corrected chi connectivity index (χ3v) is 4.42. The van der Waals surface area contributed by atoms with Gasteiger partial charge in [0.2, 0.25) is 0 Å². The van der Waals surface area contributed by atoms with Crippen molar-refractivity contribution < 1.29 is 19.1 Å². The molecule has 0 heterocycles. The van der Waals surface area contributed by atoms with E-state index in [1.807, 2.05) is 48.5 Å². The summed E-state index contributed by atoms with van der Waals surface area (Å²) in [6.45, 7) is -0.811. The number of esters is 1. The predicted molar refractivity (Wildman–Crippen MR) is 113 cm³/mol. The van der Waals surface area contributed by atoms with E-state index in [2.05, 4.69) is 5.32 Å². The van der Waals surface area contributed by atoms with Crippen LogP contribution in [0.4, 0.5) is 5.69 Å². The number of carbonyl (C=O) groups is 2. The first kappa shape index (κ1) is 20.7. The third kappa shape index (κ3) is 5.98. The molecule has 29 heavy (non-hydrogen) atoms. The van der Waals surface area contributed by atoms with Gasteiger partial charge >= 0.3 is 5.97 Å². The van der Waals surface area contributed by atoms with Gasteiger partial charge in [0.25, 0.3) is 5.91 Å². The zero-order valence-electron chi connectivity index (χ0n) is 15.2. The fraction of sp³-hybridized carbons (Fsp3) is 0.0909. The summed E-state index contributed by atoms with van der Waals surface area (Å²) >= 11 is 11.8. The number of nitrogens with one attached hydrogen (secondary N) is 1. The summed E-state index contributed by atoms with van der Waals surface area (Å²) in [6.07, 6.45) is 0. The van der Waals surface area contributed by atoms with Crippen molar-refractivity contribution >= 4 is 40.8 Å². The second-order valence-electron chi connectivity index (χ2n) is 5.98. The van der Waals surface area contributed by atoms with Crippen LogP contribution in [0.2, 0.25) is 10.0 Å². The maximum Gasteiger partial charge on any atom is 0.344 e. The highest BCUT2D eigenvalue weighted by molar-refractivity contribution is 6.35. The van der Waals surface area contributed by atoms with Crippen molar-refractivity contribution in [3.8, 4) is 16.9 Å². The highest BCUT2D eigenvalue weighted by Crippen LogP contribution is 2.28. The number of benzene rings is 3. The minimum Gasteiger partial charge on any atom is -0.480 e. The summed E-state index contributed by atoms with van der Waals surface area (Å²) in [5.41, 5.74) is 2.46. The zero-order valence-corrected chi connectivity index (χ0v) is 16.7. The Bertz CT molecular complexity index is 1010. The van der Waals surface area contributed by atoms with Crippen LogP contribution in [0.1, 0.15) is 0 Å². The van der Waals surface area contributed by atoms with E-state index >= 15 is 0 Å². The number of rotatable bonds is 7. The third-order valence-electron chi connectivity index (χ3n) is 3.89. The lowest BCUT2D eigenvalue weighted by Gasteiger charge is -2.12. The quantitative estimate of drug-likeness (QED) is 0.522. The van der Waals surface area contributed by atoms with Crippen LogP contribution in [0.15, 0.2) is 72.8 Å². The molecule has 0 unspecified atom stereocenters. The van der Waals surface area contributed by atoms with Crippen LogP contribution in [0.5, 0.6) is 5.75 Å². The van der Waals surface area contributed by atoms with Gasteiger partial charge in [-0.15, -0.1) is 0 Å². The second-order valence-corrected chi connectivity index (χ2v) is 6.83. The molecule has 3 rings (SSSR count). The molecule has 0 saturated heterocycles. The average Bonchev–Trinajstić information content (AvgIpc) is 2.72. The molecule has 0 radical (unpaired) electrons. The van der Waals surface area contributed by atoms with E-state index in [0.717, 1.165) is 11.1 Å². The predicted octanol–water partition coefficient (Wildman–Crippen LogP) is 5.22. The van der Waals surface area contributed by atoms with Crippen LogP contribution in [-0.4, -0.2) is 25.1 Å². The van der Waals surface area contributed by atoms with E-state index in [1.165, 1.54) is 6.07 Å². The molecule has 3 aromatic carbocycles. The van der Waals surface area contributed by atoms with Gasteiger partial charge in [0.1, 0.15) is 5.75 Å². The molecule has 148 valence electrons. The fourth-order valence-electron chi connectivity index (χ4n) is 2.56. The Balaban J connectivity index is 1.52. The number of carbonyl (C=O) groups excluding carboxylic acids is 2. The van der Waals surface area contributed by atoms with Gasteiger partial charge in [-0.2, -0.15) is 0 Å². The van der Waals surface area contributed by atoms with Gasteiger partial charge in [-0.3, -0.25) is 4.79 Å². The molecule has 0 aliphatic carbocycles. The molecule has 0 aliphatic rings. The normalized spacial score (nSPS) is 10.3. The molecule has 0 fully saturated rings. The van der Waals surface area contributed by atoms with Crippen LogP contribution in [0.25, 0.3) is 11.1 Å². The summed E-state index contributed by atoms with van der Waals surface area (Å²) < 4.78 is 10.2. The molecule has 0 aromatic heterocycles. The maximum atomic E-state index is 12.2. The summed E-state index contributed by atoms with van der Waals surface area (Å²) in [5.74, 6) is -0.844. The van der Waals surface area contributed by atoms with E-state index < -0.39 is 18.5 Å². The molecule has 1 N–H and O–H groups in total. The molecular weight excluding hydrogens is 413 g/mol. The average molecular weight is 430 g/mol. The van der Waals surface area contributed by atoms with Gasteiger partial charge in [-0.25, -0.2) is 4.79 Å². The summed E-state index contributed by atoms with van der Waals surface area (Å²) in [7, 11) is 0. The van der Waals surface area contributed by atoms with E-state index in [4.69, 9.17) is 32.7 Å². The van der Waals surface area contributed by atoms with E-state index in [9.17, 15) is 9.59 Å². The van der Waals surface area contributed by atoms with Crippen LogP contribution in [0.3, 0.4) is 0 Å². The van der Waals surface area contributed by atoms with E-state index in [-0.39, 0.29) is 11.6 Å². The van der Waals surface area contributed by atoms with Crippen molar-refractivity contribution in [1.82, 2.24) is 0 Å². The molecule has 5 nitrogen and oxygen atoms in total. The number of halogens is 2. The lowest BCUT2D eigenvalue weighted by atomic mass is 10.0. The van der Waals surface area contributed by atoms with E-state index in [1.54, 1.807) is 18.2 Å². The highest BCUT2D eigenvalue weighted by atomic mass is 35.5. The lowest BCUT2D eigenvalue weighted by molar-refractivity contribution is -0.149. The SMILES string of the molecule is O=C(COC(=O)COc1ccc(Cl)cc1Cl)Nc1ccccc1-c1ccccc1. The number of hydrogen-bond donors (Lipinski definition) is 1. The molecule has 1 amide bonds. The molecule has 0 saturated carbocycles. The highest BCUT2D eigenvalue weighted by Gasteiger charge is 2.12. The Morgan fingerprint density at radius 1 is 0.862 bits per heavy atom. The Labute approximate surface area is 178 Å². The summed E-state index contributed by atoms with van der Waals surface area (Å²) in [5, 5.41) is 3.49. The Kier molecular flexibility index (Phi) is 7.11.